The number of halogens is 2. The molecule has 1 N–H and O–H groups in total. The maximum absolute atomic E-state index is 11.7. The largest absolute Gasteiger partial charge is 0.444 e. The van der Waals surface area contributed by atoms with E-state index in [1.165, 1.54) is 0 Å². The van der Waals surface area contributed by atoms with Crippen LogP contribution in [0.15, 0.2) is 21.2 Å². The van der Waals surface area contributed by atoms with Crippen LogP contribution in [0.1, 0.15) is 36.7 Å². The Bertz CT molecular complexity index is 348. The van der Waals surface area contributed by atoms with Crippen molar-refractivity contribution in [3.8, 4) is 0 Å². The molecule has 0 saturated carbocycles. The molecule has 1 heterocycles. The molecule has 3 nitrogen and oxygen atoms in total. The van der Waals surface area contributed by atoms with E-state index in [1.54, 1.807) is 12.1 Å². The van der Waals surface area contributed by atoms with E-state index < -0.39 is 0 Å². The minimum atomic E-state index is -0.175. The number of amides is 1. The van der Waals surface area contributed by atoms with Gasteiger partial charge in [-0.1, -0.05) is 13.3 Å². The van der Waals surface area contributed by atoms with E-state index in [4.69, 9.17) is 16.0 Å². The highest BCUT2D eigenvalue weighted by Gasteiger charge is 2.13. The van der Waals surface area contributed by atoms with Gasteiger partial charge in [-0.3, -0.25) is 4.79 Å². The van der Waals surface area contributed by atoms with Crippen molar-refractivity contribution in [2.75, 3.05) is 12.4 Å². The summed E-state index contributed by atoms with van der Waals surface area (Å²) in [6, 6.07) is 3.35. The van der Waals surface area contributed by atoms with Crippen LogP contribution in [-0.2, 0) is 0 Å². The summed E-state index contributed by atoms with van der Waals surface area (Å²) in [4.78, 5) is 11.7. The van der Waals surface area contributed by atoms with Gasteiger partial charge in [0.2, 0.25) is 0 Å². The van der Waals surface area contributed by atoms with Crippen molar-refractivity contribution in [2.24, 2.45) is 5.92 Å². The highest BCUT2D eigenvalue weighted by molar-refractivity contribution is 9.10. The van der Waals surface area contributed by atoms with E-state index in [-0.39, 0.29) is 5.91 Å². The lowest BCUT2D eigenvalue weighted by molar-refractivity contribution is 0.0917. The van der Waals surface area contributed by atoms with E-state index in [0.29, 0.717) is 28.8 Å². The van der Waals surface area contributed by atoms with E-state index in [9.17, 15) is 4.79 Å². The first-order valence-electron chi connectivity index (χ1n) is 5.76. The van der Waals surface area contributed by atoms with Gasteiger partial charge in [-0.15, -0.1) is 11.6 Å². The first kappa shape index (κ1) is 14.6. The Morgan fingerprint density at radius 3 is 2.82 bits per heavy atom. The molecule has 0 radical (unpaired) electrons. The molecule has 1 atom stereocenters. The molecular weight excluding hydrogens is 305 g/mol. The molecule has 1 amide bonds. The van der Waals surface area contributed by atoms with Crippen LogP contribution >= 0.6 is 27.5 Å². The zero-order valence-electron chi connectivity index (χ0n) is 9.84. The summed E-state index contributed by atoms with van der Waals surface area (Å²) in [5.41, 5.74) is 0. The molecule has 5 heteroatoms. The zero-order chi connectivity index (χ0) is 12.7. The Morgan fingerprint density at radius 2 is 2.29 bits per heavy atom. The normalized spacial score (nSPS) is 12.4. The number of carbonyl (C=O) groups is 1. The Hall–Kier alpha value is -0.480. The summed E-state index contributed by atoms with van der Waals surface area (Å²) in [5.74, 6) is 1.23. The minimum absolute atomic E-state index is 0.175. The molecule has 0 spiro atoms. The highest BCUT2D eigenvalue weighted by atomic mass is 79.9. The number of carbonyl (C=O) groups excluding carboxylic acids is 1. The molecule has 0 aliphatic carbocycles. The Balaban J connectivity index is 2.40. The summed E-state index contributed by atoms with van der Waals surface area (Å²) in [5, 5.41) is 2.87. The van der Waals surface area contributed by atoms with Crippen LogP contribution in [0.5, 0.6) is 0 Å². The van der Waals surface area contributed by atoms with Gasteiger partial charge in [0.15, 0.2) is 10.4 Å². The molecule has 17 heavy (non-hydrogen) atoms. The van der Waals surface area contributed by atoms with E-state index in [0.717, 1.165) is 19.3 Å². The van der Waals surface area contributed by atoms with Crippen molar-refractivity contribution in [1.29, 1.82) is 0 Å². The molecule has 0 fully saturated rings. The summed E-state index contributed by atoms with van der Waals surface area (Å²) in [6.07, 6.45) is 3.11. The van der Waals surface area contributed by atoms with Gasteiger partial charge in [-0.2, -0.15) is 0 Å². The Labute approximate surface area is 115 Å². The van der Waals surface area contributed by atoms with Gasteiger partial charge in [0.25, 0.3) is 5.91 Å². The minimum Gasteiger partial charge on any atom is -0.444 e. The molecule has 96 valence electrons. The summed E-state index contributed by atoms with van der Waals surface area (Å²) >= 11 is 8.90. The van der Waals surface area contributed by atoms with Crippen molar-refractivity contribution in [3.05, 3.63) is 22.6 Å². The lowest BCUT2D eigenvalue weighted by Gasteiger charge is -2.14. The fourth-order valence-electron chi connectivity index (χ4n) is 1.67. The molecule has 0 aromatic carbocycles. The second-order valence-corrected chi connectivity index (χ2v) is 5.11. The van der Waals surface area contributed by atoms with Crippen molar-refractivity contribution in [2.45, 2.75) is 26.2 Å². The average Bonchev–Trinajstić information content (AvgIpc) is 2.73. The maximum atomic E-state index is 11.7. The van der Waals surface area contributed by atoms with E-state index in [1.807, 2.05) is 0 Å². The van der Waals surface area contributed by atoms with Gasteiger partial charge in [0.1, 0.15) is 0 Å². The predicted octanol–water partition coefficient (Wildman–Crippen LogP) is 3.82. The second kappa shape index (κ2) is 7.77. The Morgan fingerprint density at radius 1 is 1.53 bits per heavy atom. The van der Waals surface area contributed by atoms with Crippen molar-refractivity contribution in [3.63, 3.8) is 0 Å². The van der Waals surface area contributed by atoms with E-state index in [2.05, 4.69) is 28.2 Å². The fraction of sp³-hybridized carbons (Fsp3) is 0.583. The van der Waals surface area contributed by atoms with Gasteiger partial charge < -0.3 is 9.73 Å². The number of hydrogen-bond donors (Lipinski definition) is 1. The number of rotatable bonds is 7. The van der Waals surface area contributed by atoms with Gasteiger partial charge in [-0.25, -0.2) is 0 Å². The molecule has 1 unspecified atom stereocenters. The van der Waals surface area contributed by atoms with Crippen LogP contribution in [0.25, 0.3) is 0 Å². The lowest BCUT2D eigenvalue weighted by atomic mass is 10.0. The van der Waals surface area contributed by atoms with Gasteiger partial charge in [0, 0.05) is 12.4 Å². The molecule has 0 saturated heterocycles. The molecule has 0 aliphatic heterocycles. The molecule has 1 aromatic heterocycles. The van der Waals surface area contributed by atoms with Crippen LogP contribution in [0.3, 0.4) is 0 Å². The number of alkyl halides is 1. The van der Waals surface area contributed by atoms with Crippen molar-refractivity contribution >= 4 is 33.4 Å². The average molecular weight is 323 g/mol. The molecular formula is C12H17BrClNO2. The van der Waals surface area contributed by atoms with Gasteiger partial charge >= 0.3 is 0 Å². The van der Waals surface area contributed by atoms with Gasteiger partial charge in [-0.05, 0) is 46.8 Å². The fourth-order valence-corrected chi connectivity index (χ4v) is 2.29. The van der Waals surface area contributed by atoms with E-state index >= 15 is 0 Å². The summed E-state index contributed by atoms with van der Waals surface area (Å²) in [7, 11) is 0. The highest BCUT2D eigenvalue weighted by Crippen LogP contribution is 2.15. The number of nitrogens with one attached hydrogen (secondary N) is 1. The summed E-state index contributed by atoms with van der Waals surface area (Å²) in [6.45, 7) is 2.78. The standard InChI is InChI=1S/C12H17BrClNO2/c1-2-3-9(6-7-14)8-15-12(16)10-4-5-11(13)17-10/h4-5,9H,2-3,6-8H2,1H3,(H,15,16). The second-order valence-electron chi connectivity index (χ2n) is 3.95. The molecule has 0 bridgehead atoms. The van der Waals surface area contributed by atoms with Crippen LogP contribution in [0.2, 0.25) is 0 Å². The monoisotopic (exact) mass is 321 g/mol. The van der Waals surface area contributed by atoms with Crippen LogP contribution in [-0.4, -0.2) is 18.3 Å². The third-order valence-corrected chi connectivity index (χ3v) is 3.21. The van der Waals surface area contributed by atoms with Gasteiger partial charge in [0.05, 0.1) is 0 Å². The van der Waals surface area contributed by atoms with Crippen molar-refractivity contribution in [1.82, 2.24) is 5.32 Å². The zero-order valence-corrected chi connectivity index (χ0v) is 12.2. The van der Waals surface area contributed by atoms with Crippen LogP contribution in [0.4, 0.5) is 0 Å². The number of hydrogen-bond acceptors (Lipinski definition) is 2. The lowest BCUT2D eigenvalue weighted by Crippen LogP contribution is -2.29. The van der Waals surface area contributed by atoms with Crippen molar-refractivity contribution < 1.29 is 9.21 Å². The first-order chi connectivity index (χ1) is 8.17. The SMILES string of the molecule is CCCC(CCCl)CNC(=O)c1ccc(Br)o1. The number of furan rings is 1. The van der Waals surface area contributed by atoms with Crippen LogP contribution in [0, 0.1) is 5.92 Å². The topological polar surface area (TPSA) is 42.2 Å². The summed E-state index contributed by atoms with van der Waals surface area (Å²) < 4.78 is 5.74. The Kier molecular flexibility index (Phi) is 6.66. The predicted molar refractivity (Wildman–Crippen MR) is 72.5 cm³/mol. The smallest absolute Gasteiger partial charge is 0.287 e. The van der Waals surface area contributed by atoms with Crippen LogP contribution < -0.4 is 5.32 Å². The quantitative estimate of drug-likeness (QED) is 0.776. The molecule has 1 aromatic rings. The molecule has 1 rings (SSSR count). The third-order valence-electron chi connectivity index (χ3n) is 2.56. The maximum Gasteiger partial charge on any atom is 0.287 e. The first-order valence-corrected chi connectivity index (χ1v) is 7.09. The third kappa shape index (κ3) is 5.13. The molecule has 0 aliphatic rings.